The molecule has 0 spiro atoms. The topological polar surface area (TPSA) is 57.6 Å². The number of sulfonamides is 1. The van der Waals surface area contributed by atoms with Crippen molar-refractivity contribution in [1.29, 1.82) is 0 Å². The first-order chi connectivity index (χ1) is 7.89. The molecule has 0 aliphatic rings. The second-order valence-electron chi connectivity index (χ2n) is 3.39. The average molecular weight is 257 g/mol. The van der Waals surface area contributed by atoms with Crippen LogP contribution < -0.4 is 0 Å². The Balaban J connectivity index is 3.23. The minimum absolute atomic E-state index is 0.0526. The molecule has 92 valence electrons. The summed E-state index contributed by atoms with van der Waals surface area (Å²) >= 11 is 0. The van der Waals surface area contributed by atoms with Crippen molar-refractivity contribution in [3.05, 3.63) is 29.6 Å². The molecule has 1 aromatic carbocycles. The van der Waals surface area contributed by atoms with E-state index in [0.717, 1.165) is 10.4 Å². The molecule has 0 atom stereocenters. The molecule has 0 aliphatic carbocycles. The number of hydrogen-bond acceptors (Lipinski definition) is 3. The fourth-order valence-corrected chi connectivity index (χ4v) is 2.02. The molecule has 0 bridgehead atoms. The highest BCUT2D eigenvalue weighted by molar-refractivity contribution is 7.89. The van der Waals surface area contributed by atoms with Gasteiger partial charge in [0.25, 0.3) is 0 Å². The molecule has 1 N–H and O–H groups in total. The molecule has 6 heteroatoms. The van der Waals surface area contributed by atoms with E-state index in [1.165, 1.54) is 26.2 Å². The number of aliphatic hydroxyl groups excluding tert-OH is 1. The lowest BCUT2D eigenvalue weighted by atomic mass is 10.2. The molecule has 1 rings (SSSR count). The van der Waals surface area contributed by atoms with Crippen LogP contribution >= 0.6 is 0 Å². The number of nitrogens with zero attached hydrogens (tertiary/aromatic N) is 1. The van der Waals surface area contributed by atoms with Crippen LogP contribution in [0.2, 0.25) is 0 Å². The van der Waals surface area contributed by atoms with Crippen LogP contribution in [0.5, 0.6) is 0 Å². The third-order valence-corrected chi connectivity index (χ3v) is 3.83. The Bertz CT molecular complexity index is 570. The zero-order valence-corrected chi connectivity index (χ0v) is 10.3. The Kier molecular flexibility index (Phi) is 4.23. The summed E-state index contributed by atoms with van der Waals surface area (Å²) < 4.78 is 37.9. The van der Waals surface area contributed by atoms with Crippen LogP contribution in [0.3, 0.4) is 0 Å². The maximum absolute atomic E-state index is 13.5. The fourth-order valence-electron chi connectivity index (χ4n) is 1.10. The third kappa shape index (κ3) is 3.03. The SMILES string of the molecule is CN(C)S(=O)(=O)c1ccc(C#CCO)c(F)c1. The van der Waals surface area contributed by atoms with E-state index in [0.29, 0.717) is 0 Å². The lowest BCUT2D eigenvalue weighted by molar-refractivity contribution is 0.350. The molecule has 0 saturated heterocycles. The maximum Gasteiger partial charge on any atom is 0.242 e. The van der Waals surface area contributed by atoms with Crippen LogP contribution in [-0.4, -0.2) is 38.5 Å². The predicted molar refractivity (Wildman–Crippen MR) is 61.2 cm³/mol. The Morgan fingerprint density at radius 2 is 2.06 bits per heavy atom. The molecule has 0 radical (unpaired) electrons. The molecule has 0 aromatic heterocycles. The Hall–Kier alpha value is -1.42. The second kappa shape index (κ2) is 5.27. The van der Waals surface area contributed by atoms with Gasteiger partial charge in [-0.15, -0.1) is 0 Å². The Morgan fingerprint density at radius 1 is 1.41 bits per heavy atom. The highest BCUT2D eigenvalue weighted by Crippen LogP contribution is 2.16. The monoisotopic (exact) mass is 257 g/mol. The van der Waals surface area contributed by atoms with Gasteiger partial charge in [-0.05, 0) is 18.2 Å². The number of hydrogen-bond donors (Lipinski definition) is 1. The third-order valence-electron chi connectivity index (χ3n) is 2.02. The van der Waals surface area contributed by atoms with Gasteiger partial charge in [0.15, 0.2) is 0 Å². The van der Waals surface area contributed by atoms with Gasteiger partial charge in [0.2, 0.25) is 10.0 Å². The quantitative estimate of drug-likeness (QED) is 0.781. The summed E-state index contributed by atoms with van der Waals surface area (Å²) in [5.74, 6) is 3.95. The Labute approximate surface area is 99.7 Å². The summed E-state index contributed by atoms with van der Waals surface area (Å²) in [4.78, 5) is -0.130. The van der Waals surface area contributed by atoms with Crippen LogP contribution in [0.25, 0.3) is 0 Å². The molecule has 4 nitrogen and oxygen atoms in total. The van der Waals surface area contributed by atoms with Gasteiger partial charge in [-0.25, -0.2) is 17.1 Å². The van der Waals surface area contributed by atoms with E-state index < -0.39 is 15.8 Å². The summed E-state index contributed by atoms with van der Waals surface area (Å²) in [5.41, 5.74) is 0.0526. The van der Waals surface area contributed by atoms with Crippen molar-refractivity contribution in [2.24, 2.45) is 0 Å². The highest BCUT2D eigenvalue weighted by Gasteiger charge is 2.18. The molecule has 0 fully saturated rings. The minimum atomic E-state index is -3.64. The van der Waals surface area contributed by atoms with E-state index >= 15 is 0 Å². The molecule has 0 amide bonds. The summed E-state index contributed by atoms with van der Waals surface area (Å²) in [5, 5.41) is 8.48. The van der Waals surface area contributed by atoms with Crippen molar-refractivity contribution in [2.45, 2.75) is 4.90 Å². The predicted octanol–water partition coefficient (Wildman–Crippen LogP) is 0.420. The maximum atomic E-state index is 13.5. The van der Waals surface area contributed by atoms with Crippen molar-refractivity contribution >= 4 is 10.0 Å². The van der Waals surface area contributed by atoms with Crippen LogP contribution in [0.4, 0.5) is 4.39 Å². The lowest BCUT2D eigenvalue weighted by Crippen LogP contribution is -2.22. The zero-order valence-electron chi connectivity index (χ0n) is 9.44. The fraction of sp³-hybridized carbons (Fsp3) is 0.273. The van der Waals surface area contributed by atoms with Crippen LogP contribution in [0, 0.1) is 17.7 Å². The molecule has 17 heavy (non-hydrogen) atoms. The molecule has 0 heterocycles. The molecule has 0 saturated carbocycles. The number of benzene rings is 1. The minimum Gasteiger partial charge on any atom is -0.384 e. The van der Waals surface area contributed by atoms with Crippen molar-refractivity contribution in [3.63, 3.8) is 0 Å². The summed E-state index contributed by atoms with van der Waals surface area (Å²) in [6.07, 6.45) is 0. The van der Waals surface area contributed by atoms with Crippen LogP contribution in [0.1, 0.15) is 5.56 Å². The lowest BCUT2D eigenvalue weighted by Gasteiger charge is -2.11. The van der Waals surface area contributed by atoms with Gasteiger partial charge in [0, 0.05) is 14.1 Å². The highest BCUT2D eigenvalue weighted by atomic mass is 32.2. The van der Waals surface area contributed by atoms with E-state index in [2.05, 4.69) is 11.8 Å². The zero-order chi connectivity index (χ0) is 13.1. The van der Waals surface area contributed by atoms with Gasteiger partial charge in [-0.3, -0.25) is 0 Å². The molecular weight excluding hydrogens is 245 g/mol. The van der Waals surface area contributed by atoms with E-state index in [-0.39, 0.29) is 17.1 Å². The van der Waals surface area contributed by atoms with Gasteiger partial charge in [-0.2, -0.15) is 0 Å². The average Bonchev–Trinajstić information content (AvgIpc) is 2.27. The normalized spacial score (nSPS) is 11.1. The summed E-state index contributed by atoms with van der Waals surface area (Å²) in [6, 6.07) is 3.46. The van der Waals surface area contributed by atoms with E-state index in [1.54, 1.807) is 0 Å². The van der Waals surface area contributed by atoms with E-state index in [4.69, 9.17) is 5.11 Å². The second-order valence-corrected chi connectivity index (χ2v) is 5.54. The van der Waals surface area contributed by atoms with Gasteiger partial charge < -0.3 is 5.11 Å². The first-order valence-corrected chi connectivity index (χ1v) is 6.15. The van der Waals surface area contributed by atoms with E-state index in [9.17, 15) is 12.8 Å². The number of aliphatic hydroxyl groups is 1. The largest absolute Gasteiger partial charge is 0.384 e. The van der Waals surface area contributed by atoms with E-state index in [1.807, 2.05) is 0 Å². The van der Waals surface area contributed by atoms with Crippen molar-refractivity contribution in [1.82, 2.24) is 4.31 Å². The van der Waals surface area contributed by atoms with Gasteiger partial charge in [0.1, 0.15) is 12.4 Å². The van der Waals surface area contributed by atoms with Crippen molar-refractivity contribution in [2.75, 3.05) is 20.7 Å². The first-order valence-electron chi connectivity index (χ1n) is 4.71. The van der Waals surface area contributed by atoms with Crippen molar-refractivity contribution in [3.8, 4) is 11.8 Å². The van der Waals surface area contributed by atoms with Crippen LogP contribution in [-0.2, 0) is 10.0 Å². The molecule has 0 unspecified atom stereocenters. The van der Waals surface area contributed by atoms with Gasteiger partial charge in [-0.1, -0.05) is 11.8 Å². The van der Waals surface area contributed by atoms with Gasteiger partial charge in [0.05, 0.1) is 10.5 Å². The Morgan fingerprint density at radius 3 is 2.53 bits per heavy atom. The molecular formula is C11H12FNO3S. The summed E-state index contributed by atoms with van der Waals surface area (Å²) in [7, 11) is -0.905. The molecule has 0 aliphatic heterocycles. The smallest absolute Gasteiger partial charge is 0.242 e. The molecule has 1 aromatic rings. The first kappa shape index (κ1) is 13.6. The summed E-state index contributed by atoms with van der Waals surface area (Å²) in [6.45, 7) is -0.378. The van der Waals surface area contributed by atoms with Gasteiger partial charge >= 0.3 is 0 Å². The van der Waals surface area contributed by atoms with Crippen molar-refractivity contribution < 1.29 is 17.9 Å². The number of halogens is 1. The number of rotatable bonds is 2. The standard InChI is InChI=1S/C11H12FNO3S/c1-13(2)17(15,16)10-6-5-9(4-3-7-14)11(12)8-10/h5-6,8,14H,7H2,1-2H3. The van der Waals surface area contributed by atoms with Crippen LogP contribution in [0.15, 0.2) is 23.1 Å².